The summed E-state index contributed by atoms with van der Waals surface area (Å²) in [5.74, 6) is 1.86. The van der Waals surface area contributed by atoms with Gasteiger partial charge in [0.15, 0.2) is 11.5 Å². The van der Waals surface area contributed by atoms with Crippen LogP contribution in [0.4, 0.5) is 11.5 Å². The minimum atomic E-state index is -0.0904. The van der Waals surface area contributed by atoms with Crippen LogP contribution in [0.25, 0.3) is 5.65 Å². The highest BCUT2D eigenvalue weighted by atomic mass is 35.5. The lowest BCUT2D eigenvalue weighted by atomic mass is 9.97. The van der Waals surface area contributed by atoms with Crippen molar-refractivity contribution in [2.24, 2.45) is 5.92 Å². The SMILES string of the molecule is CC(C)c1nnc2ccc(N3CCC[C@H](C(=O)Nc4ccc(Cl)cc4)C3)nn12. The Morgan fingerprint density at radius 2 is 1.96 bits per heavy atom. The average molecular weight is 399 g/mol. The zero-order chi connectivity index (χ0) is 19.7. The molecule has 3 aromatic rings. The number of amides is 1. The summed E-state index contributed by atoms with van der Waals surface area (Å²) in [6, 6.07) is 11.1. The normalized spacial score (nSPS) is 17.3. The zero-order valence-corrected chi connectivity index (χ0v) is 16.7. The molecule has 28 heavy (non-hydrogen) atoms. The number of carbonyl (C=O) groups is 1. The van der Waals surface area contributed by atoms with Gasteiger partial charge in [-0.1, -0.05) is 25.4 Å². The number of hydrogen-bond donors (Lipinski definition) is 1. The first-order chi connectivity index (χ1) is 13.5. The molecule has 1 aromatic carbocycles. The maximum atomic E-state index is 12.7. The van der Waals surface area contributed by atoms with Crippen LogP contribution in [0.3, 0.4) is 0 Å². The molecule has 4 rings (SSSR count). The second-order valence-electron chi connectivity index (χ2n) is 7.46. The molecule has 0 spiro atoms. The van der Waals surface area contributed by atoms with Crippen LogP contribution in [0.5, 0.6) is 0 Å². The highest BCUT2D eigenvalue weighted by molar-refractivity contribution is 6.30. The maximum absolute atomic E-state index is 12.7. The second-order valence-corrected chi connectivity index (χ2v) is 7.89. The Bertz CT molecular complexity index is 984. The fourth-order valence-electron chi connectivity index (χ4n) is 3.50. The molecule has 1 amide bonds. The molecule has 7 nitrogen and oxygen atoms in total. The monoisotopic (exact) mass is 398 g/mol. The molecule has 1 N–H and O–H groups in total. The first kappa shape index (κ1) is 18.7. The molecule has 0 bridgehead atoms. The molecular weight excluding hydrogens is 376 g/mol. The van der Waals surface area contributed by atoms with Crippen molar-refractivity contribution >= 4 is 34.7 Å². The van der Waals surface area contributed by atoms with Crippen molar-refractivity contribution in [2.45, 2.75) is 32.6 Å². The highest BCUT2D eigenvalue weighted by Crippen LogP contribution is 2.24. The second kappa shape index (κ2) is 7.75. The number of carbonyl (C=O) groups excluding carboxylic acids is 1. The van der Waals surface area contributed by atoms with Gasteiger partial charge in [0.05, 0.1) is 5.92 Å². The Labute approximate surface area is 168 Å². The van der Waals surface area contributed by atoms with Gasteiger partial charge in [0, 0.05) is 29.7 Å². The predicted molar refractivity (Wildman–Crippen MR) is 110 cm³/mol. The van der Waals surface area contributed by atoms with E-state index >= 15 is 0 Å². The molecule has 8 heteroatoms. The van der Waals surface area contributed by atoms with Gasteiger partial charge in [0.25, 0.3) is 0 Å². The fraction of sp³-hybridized carbons (Fsp3) is 0.400. The smallest absolute Gasteiger partial charge is 0.229 e. The Morgan fingerprint density at radius 1 is 1.18 bits per heavy atom. The number of fused-ring (bicyclic) bond motifs is 1. The predicted octanol–water partition coefficient (Wildman–Crippen LogP) is 3.76. The Kier molecular flexibility index (Phi) is 5.17. The molecule has 1 aliphatic heterocycles. The van der Waals surface area contributed by atoms with E-state index in [1.165, 1.54) is 0 Å². The number of rotatable bonds is 4. The van der Waals surface area contributed by atoms with Crippen LogP contribution >= 0.6 is 11.6 Å². The van der Waals surface area contributed by atoms with Gasteiger partial charge >= 0.3 is 0 Å². The molecule has 2 aromatic heterocycles. The van der Waals surface area contributed by atoms with E-state index in [0.717, 1.165) is 42.4 Å². The van der Waals surface area contributed by atoms with Crippen LogP contribution < -0.4 is 10.2 Å². The van der Waals surface area contributed by atoms with Gasteiger partial charge in [-0.3, -0.25) is 4.79 Å². The Hall–Kier alpha value is -2.67. The van der Waals surface area contributed by atoms with Crippen molar-refractivity contribution in [3.63, 3.8) is 0 Å². The Morgan fingerprint density at radius 3 is 2.71 bits per heavy atom. The van der Waals surface area contributed by atoms with E-state index in [9.17, 15) is 4.79 Å². The summed E-state index contributed by atoms with van der Waals surface area (Å²) in [6.45, 7) is 5.66. The number of piperidine rings is 1. The molecule has 1 atom stereocenters. The number of benzene rings is 1. The third kappa shape index (κ3) is 3.80. The van der Waals surface area contributed by atoms with Crippen LogP contribution in [0.2, 0.25) is 5.02 Å². The largest absolute Gasteiger partial charge is 0.354 e. The minimum absolute atomic E-state index is 0.0280. The third-order valence-electron chi connectivity index (χ3n) is 5.02. The lowest BCUT2D eigenvalue weighted by Crippen LogP contribution is -2.41. The van der Waals surface area contributed by atoms with Gasteiger partial charge in [-0.15, -0.1) is 15.3 Å². The van der Waals surface area contributed by atoms with Crippen molar-refractivity contribution in [3.05, 3.63) is 47.2 Å². The number of nitrogens with zero attached hydrogens (tertiary/aromatic N) is 5. The van der Waals surface area contributed by atoms with Crippen LogP contribution in [-0.2, 0) is 4.79 Å². The maximum Gasteiger partial charge on any atom is 0.229 e. The summed E-state index contributed by atoms with van der Waals surface area (Å²) >= 11 is 5.91. The summed E-state index contributed by atoms with van der Waals surface area (Å²) in [5, 5.41) is 16.8. The Balaban J connectivity index is 1.50. The van der Waals surface area contributed by atoms with Gasteiger partial charge in [-0.2, -0.15) is 4.52 Å². The minimum Gasteiger partial charge on any atom is -0.354 e. The lowest BCUT2D eigenvalue weighted by Gasteiger charge is -2.32. The number of hydrogen-bond acceptors (Lipinski definition) is 5. The molecule has 3 heterocycles. The molecule has 0 aliphatic carbocycles. The van der Waals surface area contributed by atoms with Crippen LogP contribution in [-0.4, -0.2) is 38.8 Å². The zero-order valence-electron chi connectivity index (χ0n) is 16.0. The third-order valence-corrected chi connectivity index (χ3v) is 5.27. The van der Waals surface area contributed by atoms with E-state index in [1.54, 1.807) is 16.6 Å². The topological polar surface area (TPSA) is 75.4 Å². The van der Waals surface area contributed by atoms with Crippen molar-refractivity contribution in [1.29, 1.82) is 0 Å². The van der Waals surface area contributed by atoms with Gasteiger partial charge in [-0.25, -0.2) is 0 Å². The van der Waals surface area contributed by atoms with Crippen LogP contribution in [0.1, 0.15) is 38.4 Å². The van der Waals surface area contributed by atoms with Gasteiger partial charge in [-0.05, 0) is 49.2 Å². The van der Waals surface area contributed by atoms with Crippen LogP contribution in [0, 0.1) is 5.92 Å². The molecule has 146 valence electrons. The summed E-state index contributed by atoms with van der Waals surface area (Å²) in [6.07, 6.45) is 1.81. The van der Waals surface area contributed by atoms with E-state index in [4.69, 9.17) is 16.7 Å². The van der Waals surface area contributed by atoms with Crippen molar-refractivity contribution < 1.29 is 4.79 Å². The molecule has 0 saturated carbocycles. The molecule has 1 aliphatic rings. The van der Waals surface area contributed by atoms with E-state index in [1.807, 2.05) is 24.3 Å². The quantitative estimate of drug-likeness (QED) is 0.724. The molecular formula is C20H23ClN6O. The average Bonchev–Trinajstić information content (AvgIpc) is 3.13. The van der Waals surface area contributed by atoms with Gasteiger partial charge in [0.2, 0.25) is 5.91 Å². The van der Waals surface area contributed by atoms with Gasteiger partial charge in [0.1, 0.15) is 5.82 Å². The number of aromatic nitrogens is 4. The first-order valence-corrected chi connectivity index (χ1v) is 9.93. The van der Waals surface area contributed by atoms with E-state index < -0.39 is 0 Å². The lowest BCUT2D eigenvalue weighted by molar-refractivity contribution is -0.120. The molecule has 1 saturated heterocycles. The first-order valence-electron chi connectivity index (χ1n) is 9.55. The fourth-order valence-corrected chi connectivity index (χ4v) is 3.63. The summed E-state index contributed by atoms with van der Waals surface area (Å²) < 4.78 is 1.80. The number of anilines is 2. The summed E-state index contributed by atoms with van der Waals surface area (Å²) in [7, 11) is 0. The standard InChI is InChI=1S/C20H23ClN6O/c1-13(2)19-24-23-17-9-10-18(25-27(17)19)26-11-3-4-14(12-26)20(28)22-16-7-5-15(21)6-8-16/h5-10,13-14H,3-4,11-12H2,1-2H3,(H,22,28)/t14-/m0/s1. The van der Waals surface area contributed by atoms with E-state index in [0.29, 0.717) is 11.6 Å². The van der Waals surface area contributed by atoms with E-state index in [-0.39, 0.29) is 17.7 Å². The summed E-state index contributed by atoms with van der Waals surface area (Å²) in [4.78, 5) is 14.9. The van der Waals surface area contributed by atoms with Crippen molar-refractivity contribution in [1.82, 2.24) is 19.8 Å². The van der Waals surface area contributed by atoms with Crippen molar-refractivity contribution in [3.8, 4) is 0 Å². The van der Waals surface area contributed by atoms with Gasteiger partial charge < -0.3 is 10.2 Å². The molecule has 0 radical (unpaired) electrons. The molecule has 0 unspecified atom stereocenters. The van der Waals surface area contributed by atoms with Crippen LogP contribution in [0.15, 0.2) is 36.4 Å². The summed E-state index contributed by atoms with van der Waals surface area (Å²) in [5.41, 5.74) is 1.50. The van der Waals surface area contributed by atoms with E-state index in [2.05, 4.69) is 34.3 Å². The number of nitrogens with one attached hydrogen (secondary N) is 1. The van der Waals surface area contributed by atoms with Crippen molar-refractivity contribution in [2.75, 3.05) is 23.3 Å². The highest BCUT2D eigenvalue weighted by Gasteiger charge is 2.27. The molecule has 1 fully saturated rings. The number of halogens is 1.